The molecule has 2 aromatic rings. The molecule has 1 aliphatic rings. The minimum Gasteiger partial charge on any atom is -0.468 e. The Bertz CT molecular complexity index is 1270. The largest absolute Gasteiger partial charge is 0.468 e. The number of benzene rings is 2. The van der Waals surface area contributed by atoms with Gasteiger partial charge in [-0.25, -0.2) is 4.79 Å². The Hall–Kier alpha value is -3.42. The number of carbonyl (C=O) groups excluding carboxylic acids is 3. The molecule has 204 valence electrons. The fraction of sp³-hybridized carbons (Fsp3) is 0.360. The first-order valence-corrected chi connectivity index (χ1v) is 14.2. The van der Waals surface area contributed by atoms with E-state index in [2.05, 4.69) is 10.3 Å². The highest BCUT2D eigenvalue weighted by Gasteiger charge is 2.34. The molecule has 3 N–H and O–H groups in total. The summed E-state index contributed by atoms with van der Waals surface area (Å²) in [7, 11) is -3.21. The molecule has 0 radical (unpaired) electrons. The van der Waals surface area contributed by atoms with E-state index in [1.54, 1.807) is 19.1 Å². The molecule has 3 atom stereocenters. The molecule has 0 fully saturated rings. The molecule has 0 aliphatic carbocycles. The van der Waals surface area contributed by atoms with E-state index >= 15 is 0 Å². The molecular formula is C25H29N3O8S2. The van der Waals surface area contributed by atoms with Crippen molar-refractivity contribution in [1.82, 2.24) is 5.32 Å². The third kappa shape index (κ3) is 8.57. The van der Waals surface area contributed by atoms with Gasteiger partial charge in [0.1, 0.15) is 5.92 Å². The Kier molecular flexibility index (Phi) is 10.3. The first-order chi connectivity index (χ1) is 18.1. The molecule has 1 aliphatic heterocycles. The molecule has 3 rings (SSSR count). The summed E-state index contributed by atoms with van der Waals surface area (Å²) in [5.41, 5.74) is 1.64. The van der Waals surface area contributed by atoms with Crippen LogP contribution in [0.25, 0.3) is 0 Å². The fourth-order valence-electron chi connectivity index (χ4n) is 3.78. The molecule has 1 unspecified atom stereocenters. The third-order valence-electron chi connectivity index (χ3n) is 5.57. The highest BCUT2D eigenvalue weighted by atomic mass is 32.2. The van der Waals surface area contributed by atoms with Crippen LogP contribution in [0.3, 0.4) is 0 Å². The standard InChI is InChI=1S/C25H29N3O8S2/c1-3-36-25(31)21-15-37-23(27-21)20(14-17-9-11-18(12-10-17)28-38(32,33)34)26-22(29)19(24(30)35-2)13-16-7-5-4-6-8-16/h4-12,19-21,28H,3,13-15H2,1-2H3,(H,26,29)(H,32,33,34)/t19-,20-,21?/m0/s1. The number of nitrogens with one attached hydrogen (secondary N) is 2. The average molecular weight is 564 g/mol. The maximum atomic E-state index is 13.4. The van der Waals surface area contributed by atoms with Gasteiger partial charge in [-0.15, -0.1) is 11.8 Å². The number of hydrogen-bond donors (Lipinski definition) is 3. The first kappa shape index (κ1) is 29.1. The van der Waals surface area contributed by atoms with Crippen molar-refractivity contribution in [2.45, 2.75) is 31.8 Å². The van der Waals surface area contributed by atoms with Crippen LogP contribution >= 0.6 is 11.8 Å². The summed E-state index contributed by atoms with van der Waals surface area (Å²) >= 11 is 1.31. The van der Waals surface area contributed by atoms with Crippen LogP contribution < -0.4 is 10.0 Å². The average Bonchev–Trinajstić information content (AvgIpc) is 3.38. The number of hydrogen-bond acceptors (Lipinski definition) is 9. The Morgan fingerprint density at radius 3 is 2.34 bits per heavy atom. The number of amides is 1. The highest BCUT2D eigenvalue weighted by molar-refractivity contribution is 8.14. The van der Waals surface area contributed by atoms with Crippen LogP contribution in [0.4, 0.5) is 5.69 Å². The van der Waals surface area contributed by atoms with E-state index in [1.807, 2.05) is 35.1 Å². The van der Waals surface area contributed by atoms with Crippen LogP contribution in [0.2, 0.25) is 0 Å². The fourth-order valence-corrected chi connectivity index (χ4v) is 5.30. The summed E-state index contributed by atoms with van der Waals surface area (Å²) in [6, 6.07) is 13.8. The van der Waals surface area contributed by atoms with Gasteiger partial charge in [-0.2, -0.15) is 8.42 Å². The zero-order valence-electron chi connectivity index (χ0n) is 20.8. The predicted octanol–water partition coefficient (Wildman–Crippen LogP) is 2.04. The van der Waals surface area contributed by atoms with Gasteiger partial charge in [0.2, 0.25) is 5.91 Å². The molecule has 0 spiro atoms. The van der Waals surface area contributed by atoms with E-state index in [0.29, 0.717) is 16.4 Å². The maximum Gasteiger partial charge on any atom is 0.357 e. The minimum absolute atomic E-state index is 0.132. The summed E-state index contributed by atoms with van der Waals surface area (Å²) in [4.78, 5) is 42.6. The van der Waals surface area contributed by atoms with Crippen molar-refractivity contribution in [3.05, 3.63) is 65.7 Å². The van der Waals surface area contributed by atoms with Gasteiger partial charge in [-0.3, -0.25) is 23.9 Å². The summed E-state index contributed by atoms with van der Waals surface area (Å²) < 4.78 is 43.0. The Balaban J connectivity index is 1.85. The van der Waals surface area contributed by atoms with Crippen LogP contribution in [-0.2, 0) is 47.0 Å². The number of aliphatic imine (C=N–C) groups is 1. The van der Waals surface area contributed by atoms with Crippen molar-refractivity contribution < 1.29 is 36.8 Å². The number of anilines is 1. The lowest BCUT2D eigenvalue weighted by Gasteiger charge is -2.22. The molecule has 38 heavy (non-hydrogen) atoms. The summed E-state index contributed by atoms with van der Waals surface area (Å²) in [5.74, 6) is -2.46. The molecule has 0 saturated heterocycles. The molecule has 1 amide bonds. The van der Waals surface area contributed by atoms with Crippen LogP contribution in [-0.4, -0.2) is 67.4 Å². The quantitative estimate of drug-likeness (QED) is 0.199. The van der Waals surface area contributed by atoms with Gasteiger partial charge in [0.15, 0.2) is 6.04 Å². The van der Waals surface area contributed by atoms with Crippen LogP contribution in [0.15, 0.2) is 59.6 Å². The van der Waals surface area contributed by atoms with Gasteiger partial charge < -0.3 is 14.8 Å². The minimum atomic E-state index is -4.42. The van der Waals surface area contributed by atoms with Gasteiger partial charge in [0.05, 0.1) is 30.5 Å². The van der Waals surface area contributed by atoms with E-state index in [0.717, 1.165) is 5.56 Å². The van der Waals surface area contributed by atoms with Crippen molar-refractivity contribution in [2.24, 2.45) is 10.9 Å². The number of rotatable bonds is 12. The molecule has 0 saturated carbocycles. The third-order valence-corrected chi connectivity index (χ3v) is 7.23. The first-order valence-electron chi connectivity index (χ1n) is 11.7. The lowest BCUT2D eigenvalue weighted by atomic mass is 9.97. The monoisotopic (exact) mass is 563 g/mol. The number of esters is 2. The number of nitrogens with zero attached hydrogens (tertiary/aromatic N) is 1. The second kappa shape index (κ2) is 13.4. The van der Waals surface area contributed by atoms with Gasteiger partial charge in [-0.1, -0.05) is 42.5 Å². The molecule has 0 bridgehead atoms. The highest BCUT2D eigenvalue weighted by Crippen LogP contribution is 2.24. The van der Waals surface area contributed by atoms with Gasteiger partial charge in [0, 0.05) is 5.75 Å². The number of carbonyl (C=O) groups is 3. The second-order valence-electron chi connectivity index (χ2n) is 8.35. The van der Waals surface area contributed by atoms with Gasteiger partial charge >= 0.3 is 22.2 Å². The molecule has 2 aromatic carbocycles. The predicted molar refractivity (Wildman–Crippen MR) is 143 cm³/mol. The Labute approximate surface area is 225 Å². The van der Waals surface area contributed by atoms with Crippen molar-refractivity contribution in [1.29, 1.82) is 0 Å². The molecule has 13 heteroatoms. The summed E-state index contributed by atoms with van der Waals surface area (Å²) in [6.45, 7) is 1.92. The van der Waals surface area contributed by atoms with E-state index in [9.17, 15) is 22.8 Å². The van der Waals surface area contributed by atoms with Gasteiger partial charge in [0.25, 0.3) is 0 Å². The molecule has 1 heterocycles. The topological polar surface area (TPSA) is 160 Å². The maximum absolute atomic E-state index is 13.4. The number of thioether (sulfide) groups is 1. The number of methoxy groups -OCH3 is 1. The lowest BCUT2D eigenvalue weighted by molar-refractivity contribution is -0.150. The van der Waals surface area contributed by atoms with Gasteiger partial charge in [-0.05, 0) is 43.0 Å². The van der Waals surface area contributed by atoms with E-state index < -0.39 is 46.2 Å². The molecule has 11 nitrogen and oxygen atoms in total. The SMILES string of the molecule is CCOC(=O)C1CSC([C@H](Cc2ccc(NS(=O)(=O)O)cc2)NC(=O)[C@H](Cc2ccccc2)C(=O)OC)=N1. The van der Waals surface area contributed by atoms with Crippen molar-refractivity contribution >= 4 is 50.6 Å². The van der Waals surface area contributed by atoms with Crippen molar-refractivity contribution in [3.8, 4) is 0 Å². The Morgan fingerprint density at radius 1 is 1.08 bits per heavy atom. The summed E-state index contributed by atoms with van der Waals surface area (Å²) in [6.07, 6.45) is 0.367. The van der Waals surface area contributed by atoms with Crippen LogP contribution in [0, 0.1) is 5.92 Å². The van der Waals surface area contributed by atoms with E-state index in [4.69, 9.17) is 14.0 Å². The van der Waals surface area contributed by atoms with Crippen LogP contribution in [0.1, 0.15) is 18.1 Å². The second-order valence-corrected chi connectivity index (χ2v) is 10.5. The number of ether oxygens (including phenoxy) is 2. The zero-order chi connectivity index (χ0) is 27.7. The Morgan fingerprint density at radius 2 is 1.74 bits per heavy atom. The smallest absolute Gasteiger partial charge is 0.357 e. The molecular weight excluding hydrogens is 534 g/mol. The zero-order valence-corrected chi connectivity index (χ0v) is 22.5. The van der Waals surface area contributed by atoms with Crippen molar-refractivity contribution in [3.63, 3.8) is 0 Å². The van der Waals surface area contributed by atoms with Crippen molar-refractivity contribution in [2.75, 3.05) is 24.2 Å². The summed E-state index contributed by atoms with van der Waals surface area (Å²) in [5, 5.41) is 3.39. The normalized spacial score (nSPS) is 16.6. The van der Waals surface area contributed by atoms with E-state index in [-0.39, 0.29) is 25.1 Å². The molecule has 0 aromatic heterocycles. The van der Waals surface area contributed by atoms with E-state index in [1.165, 1.54) is 31.0 Å². The van der Waals surface area contributed by atoms with Crippen LogP contribution in [0.5, 0.6) is 0 Å². The lowest BCUT2D eigenvalue weighted by Crippen LogP contribution is -2.46.